The molecule has 3 nitrogen and oxygen atoms in total. The van der Waals surface area contributed by atoms with Crippen molar-refractivity contribution in [3.05, 3.63) is 65.5 Å². The number of pyridine rings is 1. The molecule has 0 bridgehead atoms. The molecule has 0 fully saturated rings. The summed E-state index contributed by atoms with van der Waals surface area (Å²) in [6.45, 7) is 5.16. The van der Waals surface area contributed by atoms with Crippen LogP contribution in [0, 0.1) is 6.92 Å². The van der Waals surface area contributed by atoms with Crippen molar-refractivity contribution in [3.8, 4) is 0 Å². The molecule has 3 heteroatoms. The van der Waals surface area contributed by atoms with Gasteiger partial charge in [-0.1, -0.05) is 29.8 Å². The van der Waals surface area contributed by atoms with E-state index in [0.29, 0.717) is 6.04 Å². The molecule has 0 aliphatic rings. The second-order valence-electron chi connectivity index (χ2n) is 5.23. The molecule has 1 aromatic carbocycles. The summed E-state index contributed by atoms with van der Waals surface area (Å²) in [7, 11) is 0. The first-order valence-electron chi connectivity index (χ1n) is 6.95. The minimum absolute atomic E-state index is 0.330. The van der Waals surface area contributed by atoms with Crippen molar-refractivity contribution in [1.82, 2.24) is 15.3 Å². The van der Waals surface area contributed by atoms with E-state index < -0.39 is 0 Å². The summed E-state index contributed by atoms with van der Waals surface area (Å²) in [5.74, 6) is 0. The Kier molecular flexibility index (Phi) is 3.52. The van der Waals surface area contributed by atoms with Crippen molar-refractivity contribution in [3.63, 3.8) is 0 Å². The third-order valence-electron chi connectivity index (χ3n) is 3.68. The molecule has 0 saturated heterocycles. The molecule has 0 spiro atoms. The molecule has 0 aliphatic heterocycles. The third-order valence-corrected chi connectivity index (χ3v) is 3.68. The van der Waals surface area contributed by atoms with Gasteiger partial charge in [0.25, 0.3) is 0 Å². The number of nitrogens with one attached hydrogen (secondary N) is 2. The van der Waals surface area contributed by atoms with Crippen LogP contribution < -0.4 is 5.32 Å². The van der Waals surface area contributed by atoms with Crippen LogP contribution in [0.25, 0.3) is 11.0 Å². The van der Waals surface area contributed by atoms with E-state index in [0.717, 1.165) is 12.2 Å². The maximum atomic E-state index is 4.32. The predicted molar refractivity (Wildman–Crippen MR) is 82.5 cm³/mol. The summed E-state index contributed by atoms with van der Waals surface area (Å²) in [5.41, 5.74) is 4.83. The number of rotatable bonds is 4. The summed E-state index contributed by atoms with van der Waals surface area (Å²) in [4.78, 5) is 7.53. The molecule has 0 aliphatic carbocycles. The Balaban J connectivity index is 1.73. The Hall–Kier alpha value is -2.13. The van der Waals surface area contributed by atoms with Crippen molar-refractivity contribution in [2.24, 2.45) is 0 Å². The van der Waals surface area contributed by atoms with E-state index in [-0.39, 0.29) is 0 Å². The van der Waals surface area contributed by atoms with E-state index in [4.69, 9.17) is 0 Å². The lowest BCUT2D eigenvalue weighted by Gasteiger charge is -2.14. The molecule has 1 atom stereocenters. The number of nitrogens with zero attached hydrogens (tertiary/aromatic N) is 1. The van der Waals surface area contributed by atoms with Crippen LogP contribution in [0.5, 0.6) is 0 Å². The Morgan fingerprint density at radius 3 is 3.00 bits per heavy atom. The average molecular weight is 265 g/mol. The van der Waals surface area contributed by atoms with Gasteiger partial charge in [0.1, 0.15) is 5.65 Å². The maximum Gasteiger partial charge on any atom is 0.137 e. The predicted octanol–water partition coefficient (Wildman–Crippen LogP) is 3.72. The third kappa shape index (κ3) is 2.58. The molecule has 0 amide bonds. The van der Waals surface area contributed by atoms with Gasteiger partial charge in [-0.15, -0.1) is 0 Å². The molecule has 2 aromatic heterocycles. The van der Waals surface area contributed by atoms with Crippen LogP contribution in [0.1, 0.15) is 29.7 Å². The van der Waals surface area contributed by atoms with E-state index in [9.17, 15) is 0 Å². The van der Waals surface area contributed by atoms with Crippen LogP contribution in [0.2, 0.25) is 0 Å². The summed E-state index contributed by atoms with van der Waals surface area (Å²) < 4.78 is 0. The zero-order valence-corrected chi connectivity index (χ0v) is 11.9. The topological polar surface area (TPSA) is 40.7 Å². The lowest BCUT2D eigenvalue weighted by atomic mass is 10.1. The second kappa shape index (κ2) is 5.47. The molecule has 2 N–H and O–H groups in total. The van der Waals surface area contributed by atoms with Gasteiger partial charge < -0.3 is 10.3 Å². The molecule has 2 heterocycles. The zero-order chi connectivity index (χ0) is 13.9. The van der Waals surface area contributed by atoms with Crippen LogP contribution in [0.4, 0.5) is 0 Å². The van der Waals surface area contributed by atoms with Crippen molar-refractivity contribution >= 4 is 11.0 Å². The normalized spacial score (nSPS) is 12.7. The molecule has 3 aromatic rings. The van der Waals surface area contributed by atoms with E-state index >= 15 is 0 Å². The Morgan fingerprint density at radius 1 is 1.25 bits per heavy atom. The van der Waals surface area contributed by atoms with Gasteiger partial charge in [-0.3, -0.25) is 0 Å². The highest BCUT2D eigenvalue weighted by Crippen LogP contribution is 2.18. The van der Waals surface area contributed by atoms with Crippen LogP contribution in [0.15, 0.2) is 48.8 Å². The van der Waals surface area contributed by atoms with Crippen molar-refractivity contribution in [2.75, 3.05) is 0 Å². The maximum absolute atomic E-state index is 4.32. The minimum atomic E-state index is 0.330. The quantitative estimate of drug-likeness (QED) is 0.754. The first-order chi connectivity index (χ1) is 9.74. The van der Waals surface area contributed by atoms with Crippen molar-refractivity contribution in [2.45, 2.75) is 26.4 Å². The van der Waals surface area contributed by atoms with Crippen molar-refractivity contribution in [1.29, 1.82) is 0 Å². The highest BCUT2D eigenvalue weighted by Gasteiger charge is 2.07. The molecule has 0 unspecified atom stereocenters. The standard InChI is InChI=1S/C17H19N3/c1-12-5-3-6-14(9-12)13(2)19-10-15-11-20-17-16(15)7-4-8-18-17/h3-9,11,13,19H,10H2,1-2H3,(H,18,20)/t13-/m1/s1. The van der Waals surface area contributed by atoms with Crippen LogP contribution in [-0.2, 0) is 6.54 Å². The van der Waals surface area contributed by atoms with Gasteiger partial charge >= 0.3 is 0 Å². The van der Waals surface area contributed by atoms with Crippen LogP contribution in [0.3, 0.4) is 0 Å². The fraction of sp³-hybridized carbons (Fsp3) is 0.235. The highest BCUT2D eigenvalue weighted by molar-refractivity contribution is 5.79. The highest BCUT2D eigenvalue weighted by atomic mass is 14.9. The van der Waals surface area contributed by atoms with Crippen molar-refractivity contribution < 1.29 is 0 Å². The van der Waals surface area contributed by atoms with E-state index in [1.807, 2.05) is 18.5 Å². The lowest BCUT2D eigenvalue weighted by Crippen LogP contribution is -2.17. The van der Waals surface area contributed by atoms with Gasteiger partial charge in [0.05, 0.1) is 0 Å². The van der Waals surface area contributed by atoms with E-state index in [1.165, 1.54) is 22.1 Å². The molecular weight excluding hydrogens is 246 g/mol. The Morgan fingerprint density at radius 2 is 2.15 bits per heavy atom. The SMILES string of the molecule is Cc1cccc([C@@H](C)NCc2c[nH]c3ncccc23)c1. The first-order valence-corrected chi connectivity index (χ1v) is 6.95. The van der Waals surface area contributed by atoms with Crippen LogP contribution >= 0.6 is 0 Å². The number of benzene rings is 1. The van der Waals surface area contributed by atoms with E-state index in [2.05, 4.69) is 59.5 Å². The molecule has 0 saturated carbocycles. The first kappa shape index (κ1) is 12.9. The lowest BCUT2D eigenvalue weighted by molar-refractivity contribution is 0.576. The summed E-state index contributed by atoms with van der Waals surface area (Å²) in [6, 6.07) is 13.0. The summed E-state index contributed by atoms with van der Waals surface area (Å²) in [5, 5.41) is 4.76. The minimum Gasteiger partial charge on any atom is -0.346 e. The molecule has 102 valence electrons. The van der Waals surface area contributed by atoms with Gasteiger partial charge in [-0.05, 0) is 37.1 Å². The van der Waals surface area contributed by atoms with Crippen LogP contribution in [-0.4, -0.2) is 9.97 Å². The second-order valence-corrected chi connectivity index (χ2v) is 5.23. The Labute approximate surface area is 119 Å². The number of hydrogen-bond donors (Lipinski definition) is 2. The number of H-pyrrole nitrogens is 1. The number of aryl methyl sites for hydroxylation is 1. The molecular formula is C17H19N3. The zero-order valence-electron chi connectivity index (χ0n) is 11.9. The Bertz CT molecular complexity index is 715. The summed E-state index contributed by atoms with van der Waals surface area (Å²) >= 11 is 0. The molecule has 20 heavy (non-hydrogen) atoms. The van der Waals surface area contributed by atoms with Gasteiger partial charge in [0.2, 0.25) is 0 Å². The number of aromatic amines is 1. The fourth-order valence-corrected chi connectivity index (χ4v) is 2.48. The van der Waals surface area contributed by atoms with Gasteiger partial charge in [0.15, 0.2) is 0 Å². The largest absolute Gasteiger partial charge is 0.346 e. The smallest absolute Gasteiger partial charge is 0.137 e. The van der Waals surface area contributed by atoms with Gasteiger partial charge in [-0.2, -0.15) is 0 Å². The molecule has 3 rings (SSSR count). The van der Waals surface area contributed by atoms with Gasteiger partial charge in [-0.25, -0.2) is 4.98 Å². The monoisotopic (exact) mass is 265 g/mol. The summed E-state index contributed by atoms with van der Waals surface area (Å²) in [6.07, 6.45) is 3.85. The van der Waals surface area contributed by atoms with E-state index in [1.54, 1.807) is 0 Å². The molecule has 0 radical (unpaired) electrons. The number of fused-ring (bicyclic) bond motifs is 1. The number of hydrogen-bond acceptors (Lipinski definition) is 2. The average Bonchev–Trinajstić information content (AvgIpc) is 2.88. The fourth-order valence-electron chi connectivity index (χ4n) is 2.48. The number of aromatic nitrogens is 2. The van der Waals surface area contributed by atoms with Gasteiger partial charge in [0, 0.05) is 30.4 Å².